The molecule has 103 heavy (non-hydrogen) atoms. The monoisotopic (exact) mass is 1440 g/mol. The fraction of sp³-hybridized carbons (Fsp3) is 1.00. The second-order valence-electron chi connectivity index (χ2n) is 45.4. The molecule has 0 aromatic rings. The average molecular weight is 1440 g/mol. The third-order valence-electron chi connectivity index (χ3n) is 32.2. The Bertz CT molecular complexity index is 1880. The Morgan fingerprint density at radius 1 is 0.184 bits per heavy atom. The second kappa shape index (κ2) is 52.3. The average Bonchev–Trinajstić information content (AvgIpc) is 1.77. The van der Waals surface area contributed by atoms with Gasteiger partial charge < -0.3 is 0 Å². The molecular weight excluding hydrogens is 1240 g/mol. The molecule has 0 saturated heterocycles. The van der Waals surface area contributed by atoms with Gasteiger partial charge in [0.2, 0.25) is 0 Å². The van der Waals surface area contributed by atoms with Crippen LogP contribution in [-0.2, 0) is 0 Å². The van der Waals surface area contributed by atoms with Gasteiger partial charge in [0.1, 0.15) is 0 Å². The molecule has 10 aliphatic rings. The number of hydrogen-bond acceptors (Lipinski definition) is 0. The zero-order chi connectivity index (χ0) is 77.7. The van der Waals surface area contributed by atoms with Crippen LogP contribution in [0.3, 0.4) is 0 Å². The van der Waals surface area contributed by atoms with E-state index in [9.17, 15) is 0 Å². The highest BCUT2D eigenvalue weighted by molar-refractivity contribution is 4.91. The maximum Gasteiger partial charge on any atom is -0.0277 e. The molecule has 0 aliphatic heterocycles. The van der Waals surface area contributed by atoms with Crippen LogP contribution < -0.4 is 0 Å². The Morgan fingerprint density at radius 2 is 0.311 bits per heavy atom. The van der Waals surface area contributed by atoms with Crippen molar-refractivity contribution in [1.82, 2.24) is 0 Å². The SMILES string of the molecule is CC(C)(C)C1(C)CCCC1.CC(C)(C)C1(C)CCCCC1.CC(C)C1(C)CCCC1.CC(C)C1(C)CCCCC1.CC1(C)CCCCCCC1.CC1(C)CCCCCCCCC1.CC1(C)CCCCCCCCCCC1.CCC1(C)CCCC1.CCC1(C)CCCCC1.CCC1(C)CCCCCC1. The van der Waals surface area contributed by atoms with Gasteiger partial charge in [-0.25, -0.2) is 0 Å². The van der Waals surface area contributed by atoms with E-state index in [4.69, 9.17) is 0 Å². The zero-order valence-corrected chi connectivity index (χ0v) is 77.7. The zero-order valence-electron chi connectivity index (χ0n) is 77.7. The van der Waals surface area contributed by atoms with E-state index in [0.717, 1.165) is 22.7 Å². The standard InChI is InChI=1S/C14H28.C12H24.C11H22.4C10H20.2C9H18.C8H16/c1-14(2)12-10-8-6-4-3-5-7-9-11-13-14;1-12(2)10-8-6-4-3-5-7-9-11-12;1-10(2,3)11(4)8-6-5-7-9-11;1-9(2,3)10(4)7-5-6-8-10;1-9(2)10(3)7-5-4-6-8-10;1-10(2)8-6-4-3-5-7-9-10;1-3-10(2)8-6-4-5-7-9-10;1-8(2)9(3)6-4-5-7-9;1-3-9(2)7-5-4-6-8-9;1-3-8(2)6-4-5-7-8/h3-13H2,1-2H3;3-11H2,1-2H3;5-9H2,1-4H3;5-8H2,1-4H3;9H,4-8H2,1-3H3;2*3-9H2,1-2H3;8H,4-7H2,1-3H3;3-8H2,1-2H3;3-7H2,1-2H3. The van der Waals surface area contributed by atoms with E-state index in [0.29, 0.717) is 54.1 Å². The van der Waals surface area contributed by atoms with Gasteiger partial charge in [-0.2, -0.15) is 0 Å². The highest BCUT2D eigenvalue weighted by atomic mass is 14.5. The molecule has 0 N–H and O–H groups in total. The summed E-state index contributed by atoms with van der Waals surface area (Å²) in [6, 6.07) is 0. The topological polar surface area (TPSA) is 0 Å². The summed E-state index contributed by atoms with van der Waals surface area (Å²) < 4.78 is 0. The highest BCUT2D eigenvalue weighted by Gasteiger charge is 2.40. The van der Waals surface area contributed by atoms with Crippen LogP contribution in [-0.4, -0.2) is 0 Å². The minimum Gasteiger partial charge on any atom is -0.0649 e. The van der Waals surface area contributed by atoms with Crippen molar-refractivity contribution < 1.29 is 0 Å². The van der Waals surface area contributed by atoms with E-state index in [-0.39, 0.29) is 0 Å². The van der Waals surface area contributed by atoms with Crippen molar-refractivity contribution in [2.75, 3.05) is 0 Å². The molecule has 0 heteroatoms. The van der Waals surface area contributed by atoms with Crippen molar-refractivity contribution in [3.8, 4) is 0 Å². The second-order valence-corrected chi connectivity index (χ2v) is 45.4. The molecule has 0 spiro atoms. The van der Waals surface area contributed by atoms with Crippen molar-refractivity contribution in [3.63, 3.8) is 0 Å². The first-order chi connectivity index (χ1) is 48.1. The van der Waals surface area contributed by atoms with Gasteiger partial charge in [-0.15, -0.1) is 0 Å². The molecule has 0 amide bonds. The first-order valence-electron chi connectivity index (χ1n) is 48.1. The molecule has 0 radical (unpaired) electrons. The van der Waals surface area contributed by atoms with E-state index < -0.39 is 0 Å². The van der Waals surface area contributed by atoms with Crippen LogP contribution in [0, 0.1) is 76.8 Å². The molecule has 618 valence electrons. The maximum atomic E-state index is 2.46. The van der Waals surface area contributed by atoms with Crippen LogP contribution in [0.25, 0.3) is 0 Å². The maximum absolute atomic E-state index is 2.46. The molecule has 0 aromatic carbocycles. The summed E-state index contributed by atoms with van der Waals surface area (Å²) in [7, 11) is 0. The lowest BCUT2D eigenvalue weighted by atomic mass is 9.61. The summed E-state index contributed by atoms with van der Waals surface area (Å²) in [6.45, 7) is 62.4. The molecule has 0 aromatic heterocycles. The van der Waals surface area contributed by atoms with Crippen molar-refractivity contribution in [3.05, 3.63) is 0 Å². The molecule has 10 saturated carbocycles. The summed E-state index contributed by atoms with van der Waals surface area (Å²) >= 11 is 0. The fourth-order valence-corrected chi connectivity index (χ4v) is 19.6. The lowest BCUT2D eigenvalue weighted by Gasteiger charge is -2.45. The van der Waals surface area contributed by atoms with Crippen molar-refractivity contribution in [2.45, 2.75) is 585 Å². The normalized spacial score (nSPS) is 25.9. The molecule has 0 bridgehead atoms. The van der Waals surface area contributed by atoms with Crippen LogP contribution in [0.5, 0.6) is 0 Å². The Labute approximate surface area is 657 Å². The molecule has 0 nitrogen and oxygen atoms in total. The fourth-order valence-electron chi connectivity index (χ4n) is 19.6. The van der Waals surface area contributed by atoms with E-state index in [1.807, 2.05) is 0 Å². The van der Waals surface area contributed by atoms with E-state index in [1.165, 1.54) is 405 Å². The molecule has 10 fully saturated rings. The predicted molar refractivity (Wildman–Crippen MR) is 475 cm³/mol. The van der Waals surface area contributed by atoms with Gasteiger partial charge in [-0.1, -0.05) is 456 Å². The first kappa shape index (κ1) is 101. The van der Waals surface area contributed by atoms with Crippen LogP contribution in [0.2, 0.25) is 0 Å². The van der Waals surface area contributed by atoms with Crippen molar-refractivity contribution in [1.29, 1.82) is 0 Å². The van der Waals surface area contributed by atoms with Gasteiger partial charge in [0, 0.05) is 0 Å². The van der Waals surface area contributed by atoms with Crippen molar-refractivity contribution in [2.24, 2.45) is 76.8 Å². The van der Waals surface area contributed by atoms with Crippen LogP contribution in [0.1, 0.15) is 585 Å². The van der Waals surface area contributed by atoms with E-state index >= 15 is 0 Å². The quantitative estimate of drug-likeness (QED) is 0.241. The van der Waals surface area contributed by atoms with Gasteiger partial charge in [0.25, 0.3) is 0 Å². The highest BCUT2D eigenvalue weighted by Crippen LogP contribution is 2.52. The summed E-state index contributed by atoms with van der Waals surface area (Å²) in [5.41, 5.74) is 7.72. The summed E-state index contributed by atoms with van der Waals surface area (Å²) in [5, 5.41) is 0. The third-order valence-corrected chi connectivity index (χ3v) is 32.2. The minimum absolute atomic E-state index is 0.507. The minimum atomic E-state index is 0.507. The van der Waals surface area contributed by atoms with Gasteiger partial charge in [0.15, 0.2) is 0 Å². The Kier molecular flexibility index (Phi) is 51.3. The number of rotatable bonds is 5. The summed E-state index contributed by atoms with van der Waals surface area (Å²) in [5.74, 6) is 1.77. The molecule has 10 rings (SSSR count). The van der Waals surface area contributed by atoms with Gasteiger partial charge >= 0.3 is 0 Å². The van der Waals surface area contributed by atoms with E-state index in [1.54, 1.807) is 0 Å². The largest absolute Gasteiger partial charge is 0.0649 e. The first-order valence-corrected chi connectivity index (χ1v) is 48.1. The van der Waals surface area contributed by atoms with Crippen LogP contribution >= 0.6 is 0 Å². The third kappa shape index (κ3) is 45.9. The smallest absolute Gasteiger partial charge is 0.0277 e. The van der Waals surface area contributed by atoms with Gasteiger partial charge in [-0.3, -0.25) is 0 Å². The molecular formula is C103H206. The molecule has 0 unspecified atom stereocenters. The molecule has 0 heterocycles. The Balaban J connectivity index is 0.000000574. The van der Waals surface area contributed by atoms with E-state index in [2.05, 4.69) is 180 Å². The predicted octanol–water partition coefficient (Wildman–Crippen LogP) is 38.2. The molecule has 10 aliphatic carbocycles. The molecule has 0 atom stereocenters. The summed E-state index contributed by atoms with van der Waals surface area (Å²) in [6.07, 6.45) is 92.2. The van der Waals surface area contributed by atoms with Crippen molar-refractivity contribution >= 4 is 0 Å². The Hall–Kier alpha value is 0. The van der Waals surface area contributed by atoms with Crippen LogP contribution in [0.4, 0.5) is 0 Å². The number of hydrogen-bond donors (Lipinski definition) is 0. The van der Waals surface area contributed by atoms with Gasteiger partial charge in [-0.05, 0) is 205 Å². The Morgan fingerprint density at radius 3 is 0.466 bits per heavy atom. The van der Waals surface area contributed by atoms with Gasteiger partial charge in [0.05, 0.1) is 0 Å². The lowest BCUT2D eigenvalue weighted by Crippen LogP contribution is -2.34. The summed E-state index contributed by atoms with van der Waals surface area (Å²) in [4.78, 5) is 0. The van der Waals surface area contributed by atoms with Crippen LogP contribution in [0.15, 0.2) is 0 Å². The lowest BCUT2D eigenvalue weighted by molar-refractivity contribution is 0.0601.